The van der Waals surface area contributed by atoms with Crippen molar-refractivity contribution in [3.8, 4) is 5.75 Å². The van der Waals surface area contributed by atoms with Crippen molar-refractivity contribution in [1.29, 1.82) is 0 Å². The molecule has 37 heavy (non-hydrogen) atoms. The third-order valence-electron chi connectivity index (χ3n) is 6.96. The maximum atomic E-state index is 13.4. The van der Waals surface area contributed by atoms with Crippen molar-refractivity contribution >= 4 is 34.9 Å². The summed E-state index contributed by atoms with van der Waals surface area (Å²) in [5, 5.41) is 13.4. The number of hydrogen-bond acceptors (Lipinski definition) is 7. The molecule has 9 heteroatoms. The number of Topliss-reactive ketones (excluding diaryl/α,β-unsaturated/α-hetero) is 1. The average molecular weight is 527 g/mol. The van der Waals surface area contributed by atoms with E-state index in [4.69, 9.17) is 9.47 Å². The molecule has 2 saturated heterocycles. The van der Waals surface area contributed by atoms with Gasteiger partial charge in [0.1, 0.15) is 11.5 Å². The first-order chi connectivity index (χ1) is 17.6. The number of benzene rings is 1. The molecule has 1 unspecified atom stereocenters. The summed E-state index contributed by atoms with van der Waals surface area (Å²) >= 11 is 1.44. The van der Waals surface area contributed by atoms with Gasteiger partial charge in [0, 0.05) is 35.1 Å². The van der Waals surface area contributed by atoms with Crippen LogP contribution in [0, 0.1) is 0 Å². The van der Waals surface area contributed by atoms with E-state index in [1.165, 1.54) is 11.3 Å². The predicted octanol–water partition coefficient (Wildman–Crippen LogP) is 5.10. The number of ether oxygens (including phenoxy) is 2. The minimum Gasteiger partial charge on any atom is -0.507 e. The first-order valence-electron chi connectivity index (χ1n) is 12.5. The number of aliphatic hydroxyl groups excluding tert-OH is 1. The molecule has 2 amide bonds. The van der Waals surface area contributed by atoms with E-state index >= 15 is 0 Å². The Morgan fingerprint density at radius 3 is 2.43 bits per heavy atom. The van der Waals surface area contributed by atoms with E-state index < -0.39 is 17.7 Å². The number of methoxy groups -OCH3 is 1. The van der Waals surface area contributed by atoms with Crippen molar-refractivity contribution < 1.29 is 29.0 Å². The lowest BCUT2D eigenvalue weighted by molar-refractivity contribution is -0.142. The number of ketones is 1. The molecule has 2 aliphatic heterocycles. The minimum absolute atomic E-state index is 0.0882. The van der Waals surface area contributed by atoms with Gasteiger partial charge in [0.05, 0.1) is 25.3 Å². The highest BCUT2D eigenvalue weighted by atomic mass is 32.1. The second-order valence-corrected chi connectivity index (χ2v) is 11.3. The summed E-state index contributed by atoms with van der Waals surface area (Å²) in [4.78, 5) is 43.0. The molecule has 2 fully saturated rings. The zero-order valence-electron chi connectivity index (χ0n) is 21.9. The van der Waals surface area contributed by atoms with Gasteiger partial charge in [-0.05, 0) is 54.8 Å². The molecule has 8 nitrogen and oxygen atoms in total. The van der Waals surface area contributed by atoms with E-state index in [9.17, 15) is 19.5 Å². The van der Waals surface area contributed by atoms with Gasteiger partial charge in [-0.15, -0.1) is 11.3 Å². The summed E-state index contributed by atoms with van der Waals surface area (Å²) in [6.45, 7) is 9.05. The molecule has 1 aromatic carbocycles. The van der Waals surface area contributed by atoms with Crippen LogP contribution in [0.15, 0.2) is 41.3 Å². The van der Waals surface area contributed by atoms with E-state index in [0.717, 1.165) is 10.4 Å². The van der Waals surface area contributed by atoms with Crippen LogP contribution >= 0.6 is 11.3 Å². The quantitative estimate of drug-likeness (QED) is 0.331. The first kappa shape index (κ1) is 26.7. The van der Waals surface area contributed by atoms with Gasteiger partial charge in [-0.2, -0.15) is 0 Å². The SMILES string of the molecule is CCOC(=O)N1CCC(N2C(=O)C(=O)/C(=C(\O)c3ccc(OC)c(C(C)(C)C)c3)C2c2cccs2)CC1. The van der Waals surface area contributed by atoms with E-state index in [1.54, 1.807) is 36.0 Å². The van der Waals surface area contributed by atoms with Crippen molar-refractivity contribution in [3.63, 3.8) is 0 Å². The van der Waals surface area contributed by atoms with Crippen molar-refractivity contribution in [1.82, 2.24) is 9.80 Å². The van der Waals surface area contributed by atoms with Crippen LogP contribution in [0.1, 0.15) is 62.6 Å². The van der Waals surface area contributed by atoms with Gasteiger partial charge >= 0.3 is 6.09 Å². The summed E-state index contributed by atoms with van der Waals surface area (Å²) in [5.74, 6) is -0.833. The molecular weight excluding hydrogens is 492 g/mol. The number of rotatable bonds is 5. The van der Waals surface area contributed by atoms with Crippen molar-refractivity contribution in [3.05, 3.63) is 57.3 Å². The van der Waals surface area contributed by atoms with Gasteiger partial charge in [0.15, 0.2) is 0 Å². The van der Waals surface area contributed by atoms with Crippen LogP contribution in [0.25, 0.3) is 5.76 Å². The minimum atomic E-state index is -0.697. The van der Waals surface area contributed by atoms with Crippen LogP contribution in [0.4, 0.5) is 4.79 Å². The molecule has 0 radical (unpaired) electrons. The highest BCUT2D eigenvalue weighted by molar-refractivity contribution is 7.10. The Morgan fingerprint density at radius 2 is 1.86 bits per heavy atom. The fourth-order valence-corrected chi connectivity index (χ4v) is 5.92. The Bertz CT molecular complexity index is 1210. The highest BCUT2D eigenvalue weighted by Crippen LogP contribution is 2.44. The Kier molecular flexibility index (Phi) is 7.64. The number of piperidine rings is 1. The number of thiophene rings is 1. The van der Waals surface area contributed by atoms with Crippen LogP contribution in [0.3, 0.4) is 0 Å². The number of aliphatic hydroxyl groups is 1. The van der Waals surface area contributed by atoms with Crippen LogP contribution in [0.2, 0.25) is 0 Å². The zero-order chi connectivity index (χ0) is 26.9. The lowest BCUT2D eigenvalue weighted by Crippen LogP contribution is -2.48. The lowest BCUT2D eigenvalue weighted by atomic mass is 9.84. The van der Waals surface area contributed by atoms with Gasteiger partial charge in [-0.1, -0.05) is 26.8 Å². The lowest BCUT2D eigenvalue weighted by Gasteiger charge is -2.38. The molecule has 0 aliphatic carbocycles. The smallest absolute Gasteiger partial charge is 0.409 e. The van der Waals surface area contributed by atoms with Crippen molar-refractivity contribution in [2.24, 2.45) is 0 Å². The van der Waals surface area contributed by atoms with Gasteiger partial charge in [-0.3, -0.25) is 9.59 Å². The van der Waals surface area contributed by atoms with Gasteiger partial charge < -0.3 is 24.4 Å². The third kappa shape index (κ3) is 5.09. The molecule has 4 rings (SSSR count). The third-order valence-corrected chi connectivity index (χ3v) is 7.88. The summed E-state index contributed by atoms with van der Waals surface area (Å²) in [6.07, 6.45) is 0.668. The standard InChI is InChI=1S/C28H34N2O6S/c1-6-36-27(34)29-13-11-18(12-14-29)30-23(21-8-7-15-37-21)22(25(32)26(30)33)24(31)17-9-10-20(35-5)19(16-17)28(2,3)4/h7-10,15-16,18,23,31H,6,11-14H2,1-5H3/b24-22-. The first-order valence-corrected chi connectivity index (χ1v) is 13.4. The summed E-state index contributed by atoms with van der Waals surface area (Å²) in [5.41, 5.74) is 1.16. The Hall–Kier alpha value is -3.33. The van der Waals surface area contributed by atoms with Gasteiger partial charge in [-0.25, -0.2) is 4.79 Å². The van der Waals surface area contributed by atoms with E-state index in [0.29, 0.717) is 43.9 Å². The predicted molar refractivity (Wildman–Crippen MR) is 142 cm³/mol. The molecule has 1 aromatic heterocycles. The van der Waals surface area contributed by atoms with Gasteiger partial charge in [0.2, 0.25) is 0 Å². The van der Waals surface area contributed by atoms with Crippen molar-refractivity contribution in [2.75, 3.05) is 26.8 Å². The van der Waals surface area contributed by atoms with Crippen LogP contribution in [-0.4, -0.2) is 65.5 Å². The summed E-state index contributed by atoms with van der Waals surface area (Å²) in [6, 6.07) is 8.11. The number of likely N-dealkylation sites (tertiary alicyclic amines) is 2. The fourth-order valence-electron chi connectivity index (χ4n) is 5.09. The Morgan fingerprint density at radius 1 is 1.16 bits per heavy atom. The molecule has 0 spiro atoms. The number of carbonyl (C=O) groups is 3. The van der Waals surface area contributed by atoms with Crippen LogP contribution < -0.4 is 4.74 Å². The van der Waals surface area contributed by atoms with Gasteiger partial charge in [0.25, 0.3) is 11.7 Å². The zero-order valence-corrected chi connectivity index (χ0v) is 22.8. The summed E-state index contributed by atoms with van der Waals surface area (Å²) < 4.78 is 10.6. The summed E-state index contributed by atoms with van der Waals surface area (Å²) in [7, 11) is 1.60. The largest absolute Gasteiger partial charge is 0.507 e. The molecule has 1 N–H and O–H groups in total. The number of nitrogens with zero attached hydrogens (tertiary/aromatic N) is 2. The normalized spacial score (nSPS) is 20.4. The monoisotopic (exact) mass is 526 g/mol. The fraction of sp³-hybridized carbons (Fsp3) is 0.464. The topological polar surface area (TPSA) is 96.4 Å². The number of amides is 2. The molecule has 0 saturated carbocycles. The maximum Gasteiger partial charge on any atom is 0.409 e. The maximum absolute atomic E-state index is 13.4. The second kappa shape index (κ2) is 10.6. The molecule has 1 atom stereocenters. The molecule has 198 valence electrons. The highest BCUT2D eigenvalue weighted by Gasteiger charge is 2.50. The number of carbonyl (C=O) groups excluding carboxylic acids is 3. The molecular formula is C28H34N2O6S. The Labute approximate surface area is 221 Å². The van der Waals surface area contributed by atoms with E-state index in [2.05, 4.69) is 0 Å². The Balaban J connectivity index is 1.74. The van der Waals surface area contributed by atoms with E-state index in [1.807, 2.05) is 44.4 Å². The average Bonchev–Trinajstić information content (AvgIpc) is 3.50. The number of hydrogen-bond donors (Lipinski definition) is 1. The molecule has 0 bridgehead atoms. The van der Waals surface area contributed by atoms with Crippen molar-refractivity contribution in [2.45, 2.75) is 58.0 Å². The molecule has 2 aliphatic rings. The second-order valence-electron chi connectivity index (χ2n) is 10.3. The molecule has 3 heterocycles. The van der Waals surface area contributed by atoms with Crippen LogP contribution in [0.5, 0.6) is 5.75 Å². The molecule has 2 aromatic rings. The van der Waals surface area contributed by atoms with E-state index in [-0.39, 0.29) is 28.9 Å². The van der Waals surface area contributed by atoms with Crippen LogP contribution in [-0.2, 0) is 19.7 Å².